The lowest BCUT2D eigenvalue weighted by Gasteiger charge is -2.29. The molecular formula is C22H24N4O3. The first-order valence-electron chi connectivity index (χ1n) is 9.81. The van der Waals surface area contributed by atoms with Gasteiger partial charge in [-0.15, -0.1) is 0 Å². The minimum absolute atomic E-state index is 0.000236. The van der Waals surface area contributed by atoms with E-state index >= 15 is 0 Å². The largest absolute Gasteiger partial charge is 0.469 e. The minimum atomic E-state index is -0.374. The number of benzene rings is 1. The molecule has 3 rings (SSSR count). The Hall–Kier alpha value is -3.32. The summed E-state index contributed by atoms with van der Waals surface area (Å²) in [6.45, 7) is 7.31. The normalized spacial score (nSPS) is 21.9. The van der Waals surface area contributed by atoms with E-state index in [0.717, 1.165) is 31.4 Å². The zero-order valence-electron chi connectivity index (χ0n) is 16.5. The molecule has 1 aliphatic heterocycles. The topological polar surface area (TPSA) is 86.8 Å². The Balaban J connectivity index is 1.64. The fraction of sp³-hybridized carbons (Fsp3) is 0.455. The van der Waals surface area contributed by atoms with Crippen LogP contribution in [-0.2, 0) is 14.3 Å². The van der Waals surface area contributed by atoms with Crippen molar-refractivity contribution in [3.05, 3.63) is 52.6 Å². The molecule has 1 heterocycles. The van der Waals surface area contributed by atoms with Gasteiger partial charge in [0.2, 0.25) is 0 Å². The Kier molecular flexibility index (Phi) is 6.51. The Morgan fingerprint density at radius 1 is 1.31 bits per heavy atom. The van der Waals surface area contributed by atoms with E-state index in [2.05, 4.69) is 22.5 Å². The summed E-state index contributed by atoms with van der Waals surface area (Å²) >= 11 is 0. The maximum absolute atomic E-state index is 12.6. The molecule has 0 bridgehead atoms. The second-order valence-corrected chi connectivity index (χ2v) is 7.49. The third-order valence-corrected chi connectivity index (χ3v) is 5.85. The predicted octanol–water partition coefficient (Wildman–Crippen LogP) is 3.46. The molecule has 1 saturated carbocycles. The molecule has 1 N–H and O–H groups in total. The van der Waals surface area contributed by atoms with Gasteiger partial charge in [0, 0.05) is 25.1 Å². The van der Waals surface area contributed by atoms with E-state index in [4.69, 9.17) is 11.3 Å². The zero-order chi connectivity index (χ0) is 20.8. The van der Waals surface area contributed by atoms with Crippen molar-refractivity contribution in [1.82, 2.24) is 5.43 Å². The second kappa shape index (κ2) is 9.25. The number of anilines is 1. The Bertz CT molecular complexity index is 884. The molecule has 7 heteroatoms. The number of amides is 1. The van der Waals surface area contributed by atoms with E-state index in [1.165, 1.54) is 12.7 Å². The number of nitrogens with zero attached hydrogens (tertiary/aromatic N) is 3. The molecule has 1 aromatic rings. The maximum atomic E-state index is 12.6. The van der Waals surface area contributed by atoms with Crippen LogP contribution in [-0.4, -0.2) is 25.5 Å². The van der Waals surface area contributed by atoms with Crippen molar-refractivity contribution in [1.29, 1.82) is 5.26 Å². The highest BCUT2D eigenvalue weighted by atomic mass is 16.5. The van der Waals surface area contributed by atoms with Gasteiger partial charge >= 0.3 is 5.97 Å². The fourth-order valence-corrected chi connectivity index (χ4v) is 4.20. The predicted molar refractivity (Wildman–Crippen MR) is 107 cm³/mol. The van der Waals surface area contributed by atoms with Crippen LogP contribution in [0, 0.1) is 23.8 Å². The standard InChI is InChI=1S/C22H24N4O3/c1-24-25-20-11-12-26(22(28)19(20)14-23)18-9-7-17(8-10-18)16-5-3-15(4-6-16)13-21(27)29-2/h7-10,15-16,25H,3-6,11-13H2,2H3. The first-order valence-corrected chi connectivity index (χ1v) is 9.81. The summed E-state index contributed by atoms with van der Waals surface area (Å²) in [5, 5.41) is 9.30. The van der Waals surface area contributed by atoms with Crippen molar-refractivity contribution >= 4 is 17.6 Å². The van der Waals surface area contributed by atoms with Crippen molar-refractivity contribution in [2.45, 2.75) is 44.4 Å². The first kappa shape index (κ1) is 20.4. The SMILES string of the molecule is [C-]#[N+]NC1=C(C#N)C(=O)N(c2ccc(C3CCC(CC(=O)OC)CC3)cc2)CC1. The molecule has 1 fully saturated rings. The summed E-state index contributed by atoms with van der Waals surface area (Å²) in [7, 11) is 1.43. The smallest absolute Gasteiger partial charge is 0.305 e. The summed E-state index contributed by atoms with van der Waals surface area (Å²) in [4.78, 5) is 28.8. The third kappa shape index (κ3) is 4.57. The number of ether oxygens (including phenoxy) is 1. The van der Waals surface area contributed by atoms with E-state index < -0.39 is 0 Å². The molecule has 150 valence electrons. The van der Waals surface area contributed by atoms with Gasteiger partial charge in [-0.3, -0.25) is 9.59 Å². The lowest BCUT2D eigenvalue weighted by atomic mass is 9.77. The Morgan fingerprint density at radius 2 is 2.00 bits per heavy atom. The van der Waals surface area contributed by atoms with Gasteiger partial charge in [-0.25, -0.2) is 0 Å². The summed E-state index contributed by atoms with van der Waals surface area (Å²) in [6, 6.07) is 9.88. The summed E-state index contributed by atoms with van der Waals surface area (Å²) in [5.41, 5.74) is 4.82. The van der Waals surface area contributed by atoms with Crippen molar-refractivity contribution in [2.75, 3.05) is 18.6 Å². The third-order valence-electron chi connectivity index (χ3n) is 5.85. The molecule has 1 aromatic carbocycles. The number of nitrogens with one attached hydrogen (secondary N) is 1. The summed E-state index contributed by atoms with van der Waals surface area (Å²) < 4.78 is 4.77. The Morgan fingerprint density at radius 3 is 2.59 bits per heavy atom. The van der Waals surface area contributed by atoms with Crippen LogP contribution in [0.4, 0.5) is 5.69 Å². The monoisotopic (exact) mass is 392 g/mol. The van der Waals surface area contributed by atoms with E-state index in [0.29, 0.717) is 36.9 Å². The molecular weight excluding hydrogens is 368 g/mol. The molecule has 0 atom stereocenters. The van der Waals surface area contributed by atoms with Gasteiger partial charge < -0.3 is 9.64 Å². The van der Waals surface area contributed by atoms with Gasteiger partial charge in [0.25, 0.3) is 5.91 Å². The molecule has 29 heavy (non-hydrogen) atoms. The van der Waals surface area contributed by atoms with Crippen molar-refractivity contribution < 1.29 is 14.3 Å². The van der Waals surface area contributed by atoms with Crippen molar-refractivity contribution in [3.63, 3.8) is 0 Å². The van der Waals surface area contributed by atoms with Gasteiger partial charge in [-0.2, -0.15) is 16.8 Å². The lowest BCUT2D eigenvalue weighted by molar-refractivity contribution is -0.142. The molecule has 0 saturated heterocycles. The average molecular weight is 392 g/mol. The summed E-state index contributed by atoms with van der Waals surface area (Å²) in [5.74, 6) is 0.350. The molecule has 1 amide bonds. The number of hydrogen-bond donors (Lipinski definition) is 1. The van der Waals surface area contributed by atoms with Gasteiger partial charge in [-0.1, -0.05) is 17.6 Å². The van der Waals surface area contributed by atoms with Crippen LogP contribution >= 0.6 is 0 Å². The highest BCUT2D eigenvalue weighted by Gasteiger charge is 2.30. The van der Waals surface area contributed by atoms with Crippen LogP contribution in [0.3, 0.4) is 0 Å². The summed E-state index contributed by atoms with van der Waals surface area (Å²) in [6.07, 6.45) is 5.05. The van der Waals surface area contributed by atoms with Crippen LogP contribution in [0.25, 0.3) is 4.95 Å². The number of methoxy groups -OCH3 is 1. The van der Waals surface area contributed by atoms with Crippen LogP contribution in [0.15, 0.2) is 35.5 Å². The number of nitriles is 1. The molecule has 2 aliphatic rings. The van der Waals surface area contributed by atoms with Crippen LogP contribution in [0.5, 0.6) is 0 Å². The highest BCUT2D eigenvalue weighted by molar-refractivity contribution is 6.09. The number of carbonyl (C=O) groups excluding carboxylic acids is 2. The molecule has 0 aromatic heterocycles. The van der Waals surface area contributed by atoms with Crippen LogP contribution in [0.2, 0.25) is 0 Å². The molecule has 7 nitrogen and oxygen atoms in total. The molecule has 1 aliphatic carbocycles. The van der Waals surface area contributed by atoms with E-state index in [1.54, 1.807) is 4.90 Å². The Labute approximate surface area is 170 Å². The van der Waals surface area contributed by atoms with E-state index in [-0.39, 0.29) is 17.4 Å². The number of esters is 1. The van der Waals surface area contributed by atoms with Gasteiger partial charge in [-0.05, 0) is 55.2 Å². The fourth-order valence-electron chi connectivity index (χ4n) is 4.20. The van der Waals surface area contributed by atoms with Gasteiger partial charge in [0.05, 0.1) is 7.11 Å². The van der Waals surface area contributed by atoms with Crippen molar-refractivity contribution in [3.8, 4) is 6.07 Å². The molecule has 0 radical (unpaired) electrons. The number of rotatable bonds is 5. The molecule has 0 unspecified atom stereocenters. The lowest BCUT2D eigenvalue weighted by Crippen LogP contribution is -2.38. The van der Waals surface area contributed by atoms with Crippen molar-refractivity contribution in [2.24, 2.45) is 5.92 Å². The van der Waals surface area contributed by atoms with Gasteiger partial charge in [0.1, 0.15) is 17.3 Å². The average Bonchev–Trinajstić information content (AvgIpc) is 2.75. The number of carbonyl (C=O) groups is 2. The van der Waals surface area contributed by atoms with Crippen LogP contribution in [0.1, 0.15) is 50.0 Å². The molecule has 0 spiro atoms. The van der Waals surface area contributed by atoms with Crippen LogP contribution < -0.4 is 10.3 Å². The van der Waals surface area contributed by atoms with E-state index in [1.807, 2.05) is 18.2 Å². The number of hydrogen-bond acceptors (Lipinski definition) is 5. The first-order chi connectivity index (χ1) is 14.1. The van der Waals surface area contributed by atoms with E-state index in [9.17, 15) is 14.9 Å². The quantitative estimate of drug-likeness (QED) is 0.471. The minimum Gasteiger partial charge on any atom is -0.469 e. The zero-order valence-corrected chi connectivity index (χ0v) is 16.5. The second-order valence-electron chi connectivity index (χ2n) is 7.49. The van der Waals surface area contributed by atoms with Gasteiger partial charge in [0.15, 0.2) is 0 Å². The highest BCUT2D eigenvalue weighted by Crippen LogP contribution is 2.38. The maximum Gasteiger partial charge on any atom is 0.305 e.